The Labute approximate surface area is 101 Å². The molecule has 0 atom stereocenters. The first-order chi connectivity index (χ1) is 8.28. The first-order valence-corrected chi connectivity index (χ1v) is 5.68. The Balaban J connectivity index is 1.81. The fourth-order valence-electron chi connectivity index (χ4n) is 1.67. The predicted molar refractivity (Wildman–Crippen MR) is 66.2 cm³/mol. The summed E-state index contributed by atoms with van der Waals surface area (Å²) in [6.07, 6.45) is 1.84. The highest BCUT2D eigenvalue weighted by molar-refractivity contribution is 5.21. The van der Waals surface area contributed by atoms with Crippen LogP contribution in [-0.4, -0.2) is 15.1 Å². The van der Waals surface area contributed by atoms with E-state index in [2.05, 4.69) is 15.3 Å². The number of aliphatic hydroxyl groups is 1. The summed E-state index contributed by atoms with van der Waals surface area (Å²) >= 11 is 0. The number of aromatic nitrogens is 2. The van der Waals surface area contributed by atoms with Crippen LogP contribution in [0, 0.1) is 6.92 Å². The predicted octanol–water partition coefficient (Wildman–Crippen LogP) is 1.50. The Hall–Kier alpha value is -1.65. The first-order valence-electron chi connectivity index (χ1n) is 5.68. The number of imidazole rings is 1. The number of rotatable bonds is 5. The van der Waals surface area contributed by atoms with Gasteiger partial charge in [-0.2, -0.15) is 0 Å². The van der Waals surface area contributed by atoms with Gasteiger partial charge >= 0.3 is 0 Å². The van der Waals surface area contributed by atoms with E-state index in [1.54, 1.807) is 0 Å². The number of nitrogens with one attached hydrogen (secondary N) is 2. The standard InChI is InChI=1S/C13H17N3O/c1-10-15-8-13(16-10)7-14-6-11-2-4-12(9-17)5-3-11/h2-5,8,14,17H,6-7,9H2,1H3,(H,15,16). The van der Waals surface area contributed by atoms with Gasteiger partial charge in [-0.15, -0.1) is 0 Å². The molecule has 1 aromatic heterocycles. The molecule has 0 fully saturated rings. The lowest BCUT2D eigenvalue weighted by Crippen LogP contribution is -2.12. The van der Waals surface area contributed by atoms with Gasteiger partial charge in [0.05, 0.1) is 6.61 Å². The van der Waals surface area contributed by atoms with E-state index >= 15 is 0 Å². The minimum absolute atomic E-state index is 0.0983. The molecule has 0 bridgehead atoms. The molecule has 0 unspecified atom stereocenters. The van der Waals surface area contributed by atoms with E-state index < -0.39 is 0 Å². The molecular formula is C13H17N3O. The molecule has 2 aromatic rings. The Kier molecular flexibility index (Phi) is 3.90. The number of aliphatic hydroxyl groups excluding tert-OH is 1. The van der Waals surface area contributed by atoms with Gasteiger partial charge in [0.2, 0.25) is 0 Å². The molecular weight excluding hydrogens is 214 g/mol. The van der Waals surface area contributed by atoms with E-state index in [0.717, 1.165) is 30.2 Å². The van der Waals surface area contributed by atoms with Crippen LogP contribution in [0.15, 0.2) is 30.5 Å². The summed E-state index contributed by atoms with van der Waals surface area (Å²) in [5.41, 5.74) is 3.24. The highest BCUT2D eigenvalue weighted by atomic mass is 16.3. The second-order valence-electron chi connectivity index (χ2n) is 4.07. The van der Waals surface area contributed by atoms with Crippen molar-refractivity contribution in [2.45, 2.75) is 26.6 Å². The van der Waals surface area contributed by atoms with Crippen LogP contribution in [0.2, 0.25) is 0 Å². The van der Waals surface area contributed by atoms with Crippen LogP contribution < -0.4 is 5.32 Å². The molecule has 0 spiro atoms. The molecule has 0 amide bonds. The van der Waals surface area contributed by atoms with Crippen molar-refractivity contribution in [1.29, 1.82) is 0 Å². The molecule has 4 nitrogen and oxygen atoms in total. The third-order valence-electron chi connectivity index (χ3n) is 2.61. The summed E-state index contributed by atoms with van der Waals surface area (Å²) in [5, 5.41) is 12.3. The largest absolute Gasteiger partial charge is 0.392 e. The number of aromatic amines is 1. The van der Waals surface area contributed by atoms with E-state index in [-0.39, 0.29) is 6.61 Å². The summed E-state index contributed by atoms with van der Waals surface area (Å²) < 4.78 is 0. The molecule has 0 aliphatic heterocycles. The molecule has 1 heterocycles. The maximum Gasteiger partial charge on any atom is 0.103 e. The average Bonchev–Trinajstić information content (AvgIpc) is 2.76. The van der Waals surface area contributed by atoms with Crippen LogP contribution in [0.4, 0.5) is 0 Å². The highest BCUT2D eigenvalue weighted by Gasteiger charge is 1.97. The third-order valence-corrected chi connectivity index (χ3v) is 2.61. The van der Waals surface area contributed by atoms with Crippen LogP contribution in [0.5, 0.6) is 0 Å². The number of nitrogens with zero attached hydrogens (tertiary/aromatic N) is 1. The number of hydrogen-bond donors (Lipinski definition) is 3. The van der Waals surface area contributed by atoms with Crippen LogP contribution in [0.1, 0.15) is 22.6 Å². The summed E-state index contributed by atoms with van der Waals surface area (Å²) in [4.78, 5) is 7.32. The number of benzene rings is 1. The Morgan fingerprint density at radius 3 is 2.47 bits per heavy atom. The Bertz CT molecular complexity index is 462. The molecule has 0 saturated heterocycles. The molecule has 2 rings (SSSR count). The molecule has 4 heteroatoms. The Morgan fingerprint density at radius 1 is 1.18 bits per heavy atom. The quantitative estimate of drug-likeness (QED) is 0.731. The lowest BCUT2D eigenvalue weighted by atomic mass is 10.1. The van der Waals surface area contributed by atoms with Gasteiger partial charge in [-0.1, -0.05) is 24.3 Å². The molecule has 3 N–H and O–H groups in total. The van der Waals surface area contributed by atoms with Crippen molar-refractivity contribution in [1.82, 2.24) is 15.3 Å². The fraction of sp³-hybridized carbons (Fsp3) is 0.308. The lowest BCUT2D eigenvalue weighted by Gasteiger charge is -2.04. The summed E-state index contributed by atoms with van der Waals surface area (Å²) in [6, 6.07) is 7.93. The molecule has 17 heavy (non-hydrogen) atoms. The monoisotopic (exact) mass is 231 g/mol. The zero-order valence-corrected chi connectivity index (χ0v) is 9.90. The fourth-order valence-corrected chi connectivity index (χ4v) is 1.67. The number of H-pyrrole nitrogens is 1. The van der Waals surface area contributed by atoms with E-state index in [9.17, 15) is 0 Å². The van der Waals surface area contributed by atoms with E-state index in [0.29, 0.717) is 0 Å². The van der Waals surface area contributed by atoms with E-state index in [1.807, 2.05) is 37.4 Å². The van der Waals surface area contributed by atoms with Crippen LogP contribution in [-0.2, 0) is 19.7 Å². The minimum Gasteiger partial charge on any atom is -0.392 e. The highest BCUT2D eigenvalue weighted by Crippen LogP contribution is 2.04. The molecule has 0 saturated carbocycles. The van der Waals surface area contributed by atoms with Gasteiger partial charge < -0.3 is 15.4 Å². The van der Waals surface area contributed by atoms with Gasteiger partial charge in [-0.3, -0.25) is 0 Å². The van der Waals surface area contributed by atoms with Crippen LogP contribution in [0.3, 0.4) is 0 Å². The molecule has 0 radical (unpaired) electrons. The molecule has 90 valence electrons. The topological polar surface area (TPSA) is 60.9 Å². The third kappa shape index (κ3) is 3.41. The van der Waals surface area contributed by atoms with Crippen LogP contribution in [0.25, 0.3) is 0 Å². The maximum absolute atomic E-state index is 8.93. The van der Waals surface area contributed by atoms with Crippen molar-refractivity contribution in [2.75, 3.05) is 0 Å². The van der Waals surface area contributed by atoms with E-state index in [1.165, 1.54) is 5.56 Å². The molecule has 0 aliphatic carbocycles. The zero-order valence-electron chi connectivity index (χ0n) is 9.90. The van der Waals surface area contributed by atoms with E-state index in [4.69, 9.17) is 5.11 Å². The lowest BCUT2D eigenvalue weighted by molar-refractivity contribution is 0.282. The summed E-state index contributed by atoms with van der Waals surface area (Å²) in [7, 11) is 0. The normalized spacial score (nSPS) is 10.7. The van der Waals surface area contributed by atoms with Gasteiger partial charge in [-0.25, -0.2) is 4.98 Å². The van der Waals surface area contributed by atoms with Gasteiger partial charge in [0.25, 0.3) is 0 Å². The molecule has 1 aromatic carbocycles. The minimum atomic E-state index is 0.0983. The summed E-state index contributed by atoms with van der Waals surface area (Å²) in [6.45, 7) is 3.63. The van der Waals surface area contributed by atoms with Crippen molar-refractivity contribution in [3.63, 3.8) is 0 Å². The number of aryl methyl sites for hydroxylation is 1. The maximum atomic E-state index is 8.93. The van der Waals surface area contributed by atoms with Gasteiger partial charge in [0.15, 0.2) is 0 Å². The van der Waals surface area contributed by atoms with Gasteiger partial charge in [0.1, 0.15) is 5.82 Å². The second kappa shape index (κ2) is 5.61. The van der Waals surface area contributed by atoms with Crippen molar-refractivity contribution < 1.29 is 5.11 Å². The number of hydrogen-bond acceptors (Lipinski definition) is 3. The smallest absolute Gasteiger partial charge is 0.103 e. The average molecular weight is 231 g/mol. The SMILES string of the molecule is Cc1ncc(CNCc2ccc(CO)cc2)[nH]1. The molecule has 0 aliphatic rings. The second-order valence-corrected chi connectivity index (χ2v) is 4.07. The first kappa shape index (κ1) is 11.8. The Morgan fingerprint density at radius 2 is 1.88 bits per heavy atom. The van der Waals surface area contributed by atoms with Crippen molar-refractivity contribution in [2.24, 2.45) is 0 Å². The van der Waals surface area contributed by atoms with Crippen LogP contribution >= 0.6 is 0 Å². The van der Waals surface area contributed by atoms with Gasteiger partial charge in [-0.05, 0) is 18.1 Å². The van der Waals surface area contributed by atoms with Crippen molar-refractivity contribution >= 4 is 0 Å². The van der Waals surface area contributed by atoms with Crippen molar-refractivity contribution in [3.8, 4) is 0 Å². The zero-order chi connectivity index (χ0) is 12.1. The summed E-state index contributed by atoms with van der Waals surface area (Å²) in [5.74, 6) is 0.939. The van der Waals surface area contributed by atoms with Gasteiger partial charge in [0, 0.05) is 25.0 Å². The van der Waals surface area contributed by atoms with Crippen molar-refractivity contribution in [3.05, 3.63) is 53.1 Å².